The highest BCUT2D eigenvalue weighted by atomic mass is 127. The summed E-state index contributed by atoms with van der Waals surface area (Å²) in [7, 11) is 0. The molecule has 0 unspecified atom stereocenters. The summed E-state index contributed by atoms with van der Waals surface area (Å²) in [4.78, 5) is 4.34. The van der Waals surface area contributed by atoms with Gasteiger partial charge >= 0.3 is 0 Å². The molecule has 21 heavy (non-hydrogen) atoms. The molecule has 1 aromatic rings. The third kappa shape index (κ3) is 7.27. The summed E-state index contributed by atoms with van der Waals surface area (Å²) in [5.41, 5.74) is 0.863. The van der Waals surface area contributed by atoms with E-state index in [2.05, 4.69) is 29.5 Å². The molecule has 0 aliphatic carbocycles. The van der Waals surface area contributed by atoms with Gasteiger partial charge in [0.1, 0.15) is 5.82 Å². The Morgan fingerprint density at radius 2 is 2.10 bits per heavy atom. The van der Waals surface area contributed by atoms with E-state index in [1.54, 1.807) is 0 Å². The van der Waals surface area contributed by atoms with Crippen molar-refractivity contribution >= 4 is 29.9 Å². The fraction of sp³-hybridized carbons (Fsp3) is 0.467. The SMILES string of the molecule is CCNC(=NCc1cc(C#N)ccc1F)NCC(C)C.I. The van der Waals surface area contributed by atoms with E-state index in [0.29, 0.717) is 23.0 Å². The van der Waals surface area contributed by atoms with Crippen molar-refractivity contribution in [3.05, 3.63) is 35.1 Å². The first kappa shape index (κ1) is 19.6. The number of benzene rings is 1. The molecule has 0 fully saturated rings. The van der Waals surface area contributed by atoms with E-state index in [-0.39, 0.29) is 36.3 Å². The summed E-state index contributed by atoms with van der Waals surface area (Å²) in [6.45, 7) is 7.93. The van der Waals surface area contributed by atoms with Crippen LogP contribution in [0.3, 0.4) is 0 Å². The molecule has 2 N–H and O–H groups in total. The molecule has 1 rings (SSSR count). The zero-order chi connectivity index (χ0) is 15.0. The number of hydrogen-bond acceptors (Lipinski definition) is 2. The van der Waals surface area contributed by atoms with Gasteiger partial charge in [0, 0.05) is 18.7 Å². The van der Waals surface area contributed by atoms with E-state index in [9.17, 15) is 4.39 Å². The van der Waals surface area contributed by atoms with Gasteiger partial charge in [-0.15, -0.1) is 24.0 Å². The van der Waals surface area contributed by atoms with Crippen molar-refractivity contribution in [3.8, 4) is 6.07 Å². The lowest BCUT2D eigenvalue weighted by Gasteiger charge is -2.13. The largest absolute Gasteiger partial charge is 0.357 e. The Hall–Kier alpha value is -1.36. The van der Waals surface area contributed by atoms with Gasteiger partial charge in [-0.2, -0.15) is 5.26 Å². The smallest absolute Gasteiger partial charge is 0.191 e. The van der Waals surface area contributed by atoms with Crippen LogP contribution >= 0.6 is 24.0 Å². The van der Waals surface area contributed by atoms with Crippen molar-refractivity contribution in [2.24, 2.45) is 10.9 Å². The monoisotopic (exact) mass is 404 g/mol. The van der Waals surface area contributed by atoms with Crippen LogP contribution in [-0.2, 0) is 6.54 Å². The number of hydrogen-bond donors (Lipinski definition) is 2. The van der Waals surface area contributed by atoms with Crippen LogP contribution < -0.4 is 10.6 Å². The Kier molecular flexibility index (Phi) is 9.71. The molecular formula is C15H22FIN4. The van der Waals surface area contributed by atoms with Crippen LogP contribution in [0.2, 0.25) is 0 Å². The fourth-order valence-electron chi connectivity index (χ4n) is 1.57. The quantitative estimate of drug-likeness (QED) is 0.451. The minimum Gasteiger partial charge on any atom is -0.357 e. The zero-order valence-corrected chi connectivity index (χ0v) is 14.9. The van der Waals surface area contributed by atoms with Crippen molar-refractivity contribution in [3.63, 3.8) is 0 Å². The van der Waals surface area contributed by atoms with Gasteiger partial charge < -0.3 is 10.6 Å². The molecule has 0 heterocycles. The second-order valence-corrected chi connectivity index (χ2v) is 4.89. The average Bonchev–Trinajstić information content (AvgIpc) is 2.43. The van der Waals surface area contributed by atoms with Crippen LogP contribution in [0.4, 0.5) is 4.39 Å². The Morgan fingerprint density at radius 3 is 2.67 bits per heavy atom. The van der Waals surface area contributed by atoms with Crippen LogP contribution in [-0.4, -0.2) is 19.0 Å². The molecule has 0 aromatic heterocycles. The third-order valence-electron chi connectivity index (χ3n) is 2.60. The summed E-state index contributed by atoms with van der Waals surface area (Å²) in [6.07, 6.45) is 0. The number of guanidine groups is 1. The third-order valence-corrected chi connectivity index (χ3v) is 2.60. The predicted octanol–water partition coefficient (Wildman–Crippen LogP) is 3.03. The second-order valence-electron chi connectivity index (χ2n) is 4.89. The Bertz CT molecular complexity index is 509. The van der Waals surface area contributed by atoms with Gasteiger partial charge in [0.15, 0.2) is 5.96 Å². The first-order valence-electron chi connectivity index (χ1n) is 6.77. The van der Waals surface area contributed by atoms with Gasteiger partial charge in [-0.25, -0.2) is 9.38 Å². The van der Waals surface area contributed by atoms with E-state index in [1.807, 2.05) is 13.0 Å². The summed E-state index contributed by atoms with van der Waals surface area (Å²) in [6, 6.07) is 6.30. The lowest BCUT2D eigenvalue weighted by atomic mass is 10.1. The predicted molar refractivity (Wildman–Crippen MR) is 94.2 cm³/mol. The van der Waals surface area contributed by atoms with Crippen LogP contribution in [0.15, 0.2) is 23.2 Å². The number of nitrogens with one attached hydrogen (secondary N) is 2. The van der Waals surface area contributed by atoms with Crippen LogP contribution in [0.5, 0.6) is 0 Å². The van der Waals surface area contributed by atoms with Crippen LogP contribution in [0, 0.1) is 23.1 Å². The Morgan fingerprint density at radius 1 is 1.38 bits per heavy atom. The molecule has 4 nitrogen and oxygen atoms in total. The first-order valence-corrected chi connectivity index (χ1v) is 6.77. The molecule has 0 atom stereocenters. The molecule has 116 valence electrons. The van der Waals surface area contributed by atoms with Crippen LogP contribution in [0.1, 0.15) is 31.9 Å². The van der Waals surface area contributed by atoms with E-state index in [0.717, 1.165) is 13.1 Å². The van der Waals surface area contributed by atoms with E-state index in [1.165, 1.54) is 18.2 Å². The molecule has 0 aliphatic rings. The second kappa shape index (κ2) is 10.4. The molecule has 0 saturated carbocycles. The van der Waals surface area contributed by atoms with Crippen molar-refractivity contribution in [1.29, 1.82) is 5.26 Å². The molecule has 1 aromatic carbocycles. The molecule has 0 aliphatic heterocycles. The average molecular weight is 404 g/mol. The summed E-state index contributed by atoms with van der Waals surface area (Å²) in [5, 5.41) is 15.1. The van der Waals surface area contributed by atoms with Gasteiger partial charge in [-0.05, 0) is 31.0 Å². The Labute approximate surface area is 142 Å². The molecule has 0 amide bonds. The Balaban J connectivity index is 0.00000400. The van der Waals surface area contributed by atoms with Crippen molar-refractivity contribution in [2.45, 2.75) is 27.3 Å². The topological polar surface area (TPSA) is 60.2 Å². The number of nitrogens with zero attached hydrogens (tertiary/aromatic N) is 2. The lowest BCUT2D eigenvalue weighted by molar-refractivity contribution is 0.605. The maximum atomic E-state index is 13.6. The first-order chi connectivity index (χ1) is 9.56. The lowest BCUT2D eigenvalue weighted by Crippen LogP contribution is -2.39. The van der Waals surface area contributed by atoms with E-state index < -0.39 is 0 Å². The molecular weight excluding hydrogens is 382 g/mol. The maximum Gasteiger partial charge on any atom is 0.191 e. The maximum absolute atomic E-state index is 13.6. The number of aliphatic imine (C=N–C) groups is 1. The van der Waals surface area contributed by atoms with Crippen molar-refractivity contribution in [1.82, 2.24) is 10.6 Å². The normalized spacial score (nSPS) is 10.8. The number of rotatable bonds is 5. The minimum atomic E-state index is -0.340. The molecule has 0 radical (unpaired) electrons. The van der Waals surface area contributed by atoms with E-state index >= 15 is 0 Å². The summed E-state index contributed by atoms with van der Waals surface area (Å²) < 4.78 is 13.6. The van der Waals surface area contributed by atoms with Gasteiger partial charge in [-0.3, -0.25) is 0 Å². The fourth-order valence-corrected chi connectivity index (χ4v) is 1.57. The molecule has 6 heteroatoms. The highest BCUT2D eigenvalue weighted by Crippen LogP contribution is 2.11. The van der Waals surface area contributed by atoms with E-state index in [4.69, 9.17) is 5.26 Å². The summed E-state index contributed by atoms with van der Waals surface area (Å²) >= 11 is 0. The van der Waals surface area contributed by atoms with Crippen molar-refractivity contribution < 1.29 is 4.39 Å². The molecule has 0 saturated heterocycles. The van der Waals surface area contributed by atoms with Gasteiger partial charge in [0.05, 0.1) is 18.2 Å². The zero-order valence-electron chi connectivity index (χ0n) is 12.6. The highest BCUT2D eigenvalue weighted by molar-refractivity contribution is 14.0. The van der Waals surface area contributed by atoms with Crippen LogP contribution in [0.25, 0.3) is 0 Å². The summed E-state index contributed by atoms with van der Waals surface area (Å²) in [5.74, 6) is 0.813. The van der Waals surface area contributed by atoms with Gasteiger partial charge in [0.2, 0.25) is 0 Å². The van der Waals surface area contributed by atoms with Gasteiger partial charge in [-0.1, -0.05) is 13.8 Å². The number of nitriles is 1. The van der Waals surface area contributed by atoms with Gasteiger partial charge in [0.25, 0.3) is 0 Å². The molecule has 0 spiro atoms. The van der Waals surface area contributed by atoms with Crippen molar-refractivity contribution in [2.75, 3.05) is 13.1 Å². The highest BCUT2D eigenvalue weighted by Gasteiger charge is 2.04. The number of halogens is 2. The standard InChI is InChI=1S/C15H21FN4.HI/c1-4-18-15(19-9-11(2)3)20-10-13-7-12(8-17)5-6-14(13)16;/h5-7,11H,4,9-10H2,1-3H3,(H2,18,19,20);1H. The molecule has 0 bridgehead atoms. The minimum absolute atomic E-state index is 0.